The van der Waals surface area contributed by atoms with Gasteiger partial charge in [0.05, 0.1) is 6.04 Å². The van der Waals surface area contributed by atoms with Crippen molar-refractivity contribution in [3.63, 3.8) is 0 Å². The van der Waals surface area contributed by atoms with Crippen molar-refractivity contribution >= 4 is 27.8 Å². The average Bonchev–Trinajstić information content (AvgIpc) is 3.27. The number of piperidine rings is 1. The van der Waals surface area contributed by atoms with E-state index >= 15 is 0 Å². The van der Waals surface area contributed by atoms with Gasteiger partial charge in [0.25, 0.3) is 10.2 Å². The van der Waals surface area contributed by atoms with Gasteiger partial charge in [0.2, 0.25) is 0 Å². The first kappa shape index (κ1) is 25.9. The number of hydrogen-bond acceptors (Lipinski definition) is 4. The SMILES string of the molecule is CN(C)CCNC(=O)N1CC(c2ccccc2)C(c2ccc(Cl)cc2)N1S(=O)(=O)N1CCCCC1. The maximum absolute atomic E-state index is 14.1. The Labute approximate surface area is 213 Å². The molecule has 2 fully saturated rings. The number of rotatable bonds is 7. The summed E-state index contributed by atoms with van der Waals surface area (Å²) in [6.45, 7) is 2.23. The molecule has 35 heavy (non-hydrogen) atoms. The minimum absolute atomic E-state index is 0.239. The van der Waals surface area contributed by atoms with Crippen LogP contribution in [0.5, 0.6) is 0 Å². The minimum Gasteiger partial charge on any atom is -0.336 e. The Morgan fingerprint density at radius 1 is 1.00 bits per heavy atom. The number of benzene rings is 2. The average molecular weight is 520 g/mol. The molecule has 0 radical (unpaired) electrons. The van der Waals surface area contributed by atoms with Crippen LogP contribution >= 0.6 is 11.6 Å². The van der Waals surface area contributed by atoms with Gasteiger partial charge < -0.3 is 10.2 Å². The van der Waals surface area contributed by atoms with Crippen LogP contribution in [0.15, 0.2) is 54.6 Å². The van der Waals surface area contributed by atoms with Gasteiger partial charge in [0.15, 0.2) is 0 Å². The minimum atomic E-state index is -3.96. The Balaban J connectivity index is 1.78. The first-order valence-electron chi connectivity index (χ1n) is 12.1. The number of carbonyl (C=O) groups is 1. The second-order valence-electron chi connectivity index (χ2n) is 9.37. The largest absolute Gasteiger partial charge is 0.336 e. The van der Waals surface area contributed by atoms with Crippen molar-refractivity contribution in [2.24, 2.45) is 0 Å². The van der Waals surface area contributed by atoms with Crippen LogP contribution in [-0.2, 0) is 10.2 Å². The van der Waals surface area contributed by atoms with Gasteiger partial charge in [-0.15, -0.1) is 0 Å². The summed E-state index contributed by atoms with van der Waals surface area (Å²) < 4.78 is 31.1. The van der Waals surface area contributed by atoms with Crippen LogP contribution in [0.4, 0.5) is 4.79 Å². The first-order chi connectivity index (χ1) is 16.8. The second kappa shape index (κ2) is 11.3. The molecule has 190 valence electrons. The number of carbonyl (C=O) groups excluding carboxylic acids is 1. The molecule has 0 bridgehead atoms. The van der Waals surface area contributed by atoms with Crippen molar-refractivity contribution in [1.29, 1.82) is 0 Å². The van der Waals surface area contributed by atoms with Crippen LogP contribution in [-0.4, -0.2) is 79.9 Å². The lowest BCUT2D eigenvalue weighted by atomic mass is 9.89. The molecule has 2 aromatic rings. The predicted molar refractivity (Wildman–Crippen MR) is 138 cm³/mol. The van der Waals surface area contributed by atoms with Gasteiger partial charge in [-0.25, -0.2) is 9.80 Å². The highest BCUT2D eigenvalue weighted by Gasteiger charge is 2.51. The zero-order chi connectivity index (χ0) is 25.0. The van der Waals surface area contributed by atoms with Gasteiger partial charge in [-0.2, -0.15) is 12.7 Å². The molecule has 2 unspecified atom stereocenters. The summed E-state index contributed by atoms with van der Waals surface area (Å²) in [5, 5.41) is 4.87. The molecule has 1 N–H and O–H groups in total. The molecule has 2 saturated heterocycles. The van der Waals surface area contributed by atoms with Crippen LogP contribution in [0.1, 0.15) is 42.3 Å². The molecule has 2 aliphatic rings. The molecular weight excluding hydrogens is 486 g/mol. The fourth-order valence-corrected chi connectivity index (χ4v) is 6.84. The number of hydrogen-bond donors (Lipinski definition) is 1. The zero-order valence-electron chi connectivity index (χ0n) is 20.3. The Bertz CT molecular complexity index is 1090. The van der Waals surface area contributed by atoms with Crippen molar-refractivity contribution in [2.75, 3.05) is 46.8 Å². The summed E-state index contributed by atoms with van der Waals surface area (Å²) >= 11 is 6.16. The van der Waals surface area contributed by atoms with Crippen molar-refractivity contribution in [3.8, 4) is 0 Å². The Morgan fingerprint density at radius 2 is 1.66 bits per heavy atom. The third-order valence-electron chi connectivity index (χ3n) is 6.61. The van der Waals surface area contributed by atoms with Crippen molar-refractivity contribution in [3.05, 3.63) is 70.7 Å². The van der Waals surface area contributed by atoms with Crippen LogP contribution in [0.3, 0.4) is 0 Å². The highest BCUT2D eigenvalue weighted by Crippen LogP contribution is 2.45. The van der Waals surface area contributed by atoms with E-state index in [1.54, 1.807) is 12.1 Å². The van der Waals surface area contributed by atoms with Gasteiger partial charge in [0, 0.05) is 43.7 Å². The smallest absolute Gasteiger partial charge is 0.332 e. The molecule has 2 amide bonds. The van der Waals surface area contributed by atoms with E-state index < -0.39 is 22.3 Å². The van der Waals surface area contributed by atoms with E-state index in [0.717, 1.165) is 30.4 Å². The third-order valence-corrected chi connectivity index (χ3v) is 8.78. The Hall–Kier alpha value is -2.17. The fraction of sp³-hybridized carbons (Fsp3) is 0.480. The van der Waals surface area contributed by atoms with E-state index in [9.17, 15) is 13.2 Å². The van der Waals surface area contributed by atoms with Crippen LogP contribution in [0.25, 0.3) is 0 Å². The summed E-state index contributed by atoms with van der Waals surface area (Å²) in [6.07, 6.45) is 2.64. The topological polar surface area (TPSA) is 76.2 Å². The molecule has 0 spiro atoms. The zero-order valence-corrected chi connectivity index (χ0v) is 21.9. The monoisotopic (exact) mass is 519 g/mol. The summed E-state index contributed by atoms with van der Waals surface area (Å²) in [4.78, 5) is 15.4. The second-order valence-corrected chi connectivity index (χ2v) is 11.6. The summed E-state index contributed by atoms with van der Waals surface area (Å²) in [6, 6.07) is 16.1. The number of nitrogens with one attached hydrogen (secondary N) is 1. The summed E-state index contributed by atoms with van der Waals surface area (Å²) in [7, 11) is -0.102. The molecule has 8 nitrogen and oxygen atoms in total. The Kier molecular flexibility index (Phi) is 8.34. The van der Waals surface area contributed by atoms with Crippen LogP contribution in [0.2, 0.25) is 5.02 Å². The van der Waals surface area contributed by atoms with E-state index in [-0.39, 0.29) is 12.5 Å². The molecule has 0 saturated carbocycles. The molecule has 2 aliphatic heterocycles. The molecule has 2 aromatic carbocycles. The van der Waals surface area contributed by atoms with Crippen molar-refractivity contribution < 1.29 is 13.2 Å². The standard InChI is InChI=1S/C25H34ClN5O3S/c1-28(2)18-15-27-25(32)30-19-23(20-9-5-3-6-10-20)24(21-11-13-22(26)14-12-21)31(30)35(33,34)29-16-7-4-8-17-29/h3,5-6,9-14,23-24H,4,7-8,15-19H2,1-2H3,(H,27,32). The van der Waals surface area contributed by atoms with Gasteiger partial charge in [-0.1, -0.05) is 64.9 Å². The third kappa shape index (κ3) is 5.81. The van der Waals surface area contributed by atoms with Crippen LogP contribution in [0, 0.1) is 0 Å². The van der Waals surface area contributed by atoms with Gasteiger partial charge in [-0.05, 0) is 50.2 Å². The molecule has 0 aliphatic carbocycles. The van der Waals surface area contributed by atoms with Crippen LogP contribution < -0.4 is 5.32 Å². The summed E-state index contributed by atoms with van der Waals surface area (Å²) in [5.41, 5.74) is 1.78. The lowest BCUT2D eigenvalue weighted by molar-refractivity contribution is 0.104. The van der Waals surface area contributed by atoms with E-state index in [1.807, 2.05) is 61.5 Å². The maximum atomic E-state index is 14.1. The summed E-state index contributed by atoms with van der Waals surface area (Å²) in [5.74, 6) is -0.239. The Morgan fingerprint density at radius 3 is 2.29 bits per heavy atom. The number of hydrazine groups is 1. The fourth-order valence-electron chi connectivity index (χ4n) is 4.81. The molecule has 2 atom stereocenters. The molecule has 4 rings (SSSR count). The van der Waals surface area contributed by atoms with E-state index in [4.69, 9.17) is 11.6 Å². The number of halogens is 1. The first-order valence-corrected chi connectivity index (χ1v) is 13.9. The molecular formula is C25H34ClN5O3S. The van der Waals surface area contributed by atoms with Crippen molar-refractivity contribution in [1.82, 2.24) is 23.9 Å². The lowest BCUT2D eigenvalue weighted by Crippen LogP contribution is -2.55. The van der Waals surface area contributed by atoms with Gasteiger partial charge >= 0.3 is 6.03 Å². The molecule has 10 heteroatoms. The highest BCUT2D eigenvalue weighted by atomic mass is 35.5. The normalized spacial score (nSPS) is 22.0. The predicted octanol–water partition coefficient (Wildman–Crippen LogP) is 3.70. The number of urea groups is 1. The van der Waals surface area contributed by atoms with E-state index in [0.29, 0.717) is 31.2 Å². The molecule has 2 heterocycles. The number of likely N-dealkylation sites (N-methyl/N-ethyl adjacent to an activating group) is 1. The van der Waals surface area contributed by atoms with E-state index in [1.165, 1.54) is 13.7 Å². The van der Waals surface area contributed by atoms with Crippen molar-refractivity contribution in [2.45, 2.75) is 31.2 Å². The maximum Gasteiger partial charge on any atom is 0.332 e. The molecule has 0 aromatic heterocycles. The number of nitrogens with zero attached hydrogens (tertiary/aromatic N) is 4. The van der Waals surface area contributed by atoms with Gasteiger partial charge in [0.1, 0.15) is 0 Å². The van der Waals surface area contributed by atoms with Gasteiger partial charge in [-0.3, -0.25) is 0 Å². The van der Waals surface area contributed by atoms with E-state index in [2.05, 4.69) is 5.32 Å². The quantitative estimate of drug-likeness (QED) is 0.605. The lowest BCUT2D eigenvalue weighted by Gasteiger charge is -2.37. The number of amides is 2. The highest BCUT2D eigenvalue weighted by molar-refractivity contribution is 7.86.